The van der Waals surface area contributed by atoms with Crippen LogP contribution in [0.5, 0.6) is 0 Å². The summed E-state index contributed by atoms with van der Waals surface area (Å²) in [6.07, 6.45) is 5.98. The van der Waals surface area contributed by atoms with Crippen molar-refractivity contribution in [1.29, 1.82) is 0 Å². The van der Waals surface area contributed by atoms with Crippen LogP contribution in [0.2, 0.25) is 0 Å². The molecule has 0 radical (unpaired) electrons. The summed E-state index contributed by atoms with van der Waals surface area (Å²) < 4.78 is 5.06. The fourth-order valence-corrected chi connectivity index (χ4v) is 7.84. The van der Waals surface area contributed by atoms with E-state index in [9.17, 15) is 38.7 Å². The number of rotatable bonds is 7. The molecule has 5 aliphatic rings. The second-order valence-electron chi connectivity index (χ2n) is 12.1. The lowest BCUT2D eigenvalue weighted by Gasteiger charge is -2.56. The normalized spacial score (nSPS) is 36.5. The van der Waals surface area contributed by atoms with Crippen molar-refractivity contribution >= 4 is 41.1 Å². The largest absolute Gasteiger partial charge is 0.458 e. The van der Waals surface area contributed by atoms with Crippen LogP contribution >= 0.6 is 0 Å². The van der Waals surface area contributed by atoms with Gasteiger partial charge in [-0.2, -0.15) is 0 Å². The molecule has 4 aliphatic carbocycles. The van der Waals surface area contributed by atoms with Gasteiger partial charge in [-0.3, -0.25) is 28.8 Å². The van der Waals surface area contributed by atoms with Gasteiger partial charge in [0.05, 0.1) is 12.8 Å². The zero-order valence-corrected chi connectivity index (χ0v) is 22.6. The highest BCUT2D eigenvalue weighted by Crippen LogP contribution is 2.66. The summed E-state index contributed by atoms with van der Waals surface area (Å²) in [4.78, 5) is 90.9. The SMILES string of the molecule is C[C@]12C=CC(=O)C=C1CC[C@@H]1[C@H]2C(=O)C[C@@]2(C)[C@@H]1CC[C@]2(O)C(=O)COC(=O)CCC(=O)ON1C(=O)CCC1=O. The van der Waals surface area contributed by atoms with Gasteiger partial charge in [0.15, 0.2) is 12.4 Å². The molecule has 214 valence electrons. The van der Waals surface area contributed by atoms with Crippen LogP contribution in [0.25, 0.3) is 0 Å². The van der Waals surface area contributed by atoms with Gasteiger partial charge < -0.3 is 14.7 Å². The average molecular weight is 556 g/mol. The number of Topliss-reactive ketones (excluding diaryl/α,β-unsaturated/α-hetero) is 2. The number of ketones is 3. The van der Waals surface area contributed by atoms with Gasteiger partial charge in [-0.05, 0) is 49.7 Å². The van der Waals surface area contributed by atoms with E-state index in [1.54, 1.807) is 13.0 Å². The van der Waals surface area contributed by atoms with E-state index in [-0.39, 0.29) is 55.0 Å². The van der Waals surface area contributed by atoms with Crippen LogP contribution in [-0.4, -0.2) is 63.5 Å². The lowest BCUT2D eigenvalue weighted by Crippen LogP contribution is -2.60. The van der Waals surface area contributed by atoms with Crippen molar-refractivity contribution in [1.82, 2.24) is 5.06 Å². The van der Waals surface area contributed by atoms with Crippen molar-refractivity contribution in [2.45, 2.75) is 77.2 Å². The predicted molar refractivity (Wildman–Crippen MR) is 134 cm³/mol. The van der Waals surface area contributed by atoms with Crippen LogP contribution in [0.4, 0.5) is 0 Å². The van der Waals surface area contributed by atoms with Crippen LogP contribution in [0.15, 0.2) is 23.8 Å². The van der Waals surface area contributed by atoms with Crippen LogP contribution in [0.3, 0.4) is 0 Å². The zero-order valence-electron chi connectivity index (χ0n) is 22.6. The first-order chi connectivity index (χ1) is 18.8. The Kier molecular flexibility index (Phi) is 6.92. The van der Waals surface area contributed by atoms with Crippen molar-refractivity contribution in [3.05, 3.63) is 23.8 Å². The number of allylic oxidation sites excluding steroid dienone is 4. The number of carbonyl (C=O) groups excluding carboxylic acids is 7. The fourth-order valence-electron chi connectivity index (χ4n) is 7.84. The molecule has 6 atom stereocenters. The maximum Gasteiger partial charge on any atom is 0.333 e. The van der Waals surface area contributed by atoms with Crippen molar-refractivity contribution in [2.24, 2.45) is 28.6 Å². The van der Waals surface area contributed by atoms with Gasteiger partial charge >= 0.3 is 11.9 Å². The lowest BCUT2D eigenvalue weighted by molar-refractivity contribution is -0.197. The van der Waals surface area contributed by atoms with E-state index in [1.165, 1.54) is 6.08 Å². The van der Waals surface area contributed by atoms with E-state index in [0.29, 0.717) is 24.3 Å². The minimum absolute atomic E-state index is 0.000538. The third kappa shape index (κ3) is 4.34. The second-order valence-corrected chi connectivity index (χ2v) is 12.1. The Labute approximate surface area is 230 Å². The first-order valence-electron chi connectivity index (χ1n) is 13.7. The topological polar surface area (TPSA) is 161 Å². The summed E-state index contributed by atoms with van der Waals surface area (Å²) in [6, 6.07) is 0. The number of imide groups is 1. The molecule has 1 aliphatic heterocycles. The molecule has 1 heterocycles. The molecular formula is C29H33NO10. The number of nitrogens with zero attached hydrogens (tertiary/aromatic N) is 1. The quantitative estimate of drug-likeness (QED) is 0.362. The van der Waals surface area contributed by atoms with E-state index in [2.05, 4.69) is 0 Å². The number of hydrogen-bond acceptors (Lipinski definition) is 10. The fraction of sp³-hybridized carbons (Fsp3) is 0.621. The van der Waals surface area contributed by atoms with E-state index >= 15 is 0 Å². The van der Waals surface area contributed by atoms with E-state index in [1.807, 2.05) is 13.0 Å². The maximum absolute atomic E-state index is 13.7. The number of fused-ring (bicyclic) bond motifs is 5. The molecule has 11 heteroatoms. The highest BCUT2D eigenvalue weighted by Gasteiger charge is 2.68. The van der Waals surface area contributed by atoms with Crippen LogP contribution in [0.1, 0.15) is 71.6 Å². The van der Waals surface area contributed by atoms with Crippen molar-refractivity contribution in [3.63, 3.8) is 0 Å². The monoisotopic (exact) mass is 555 g/mol. The highest BCUT2D eigenvalue weighted by molar-refractivity contribution is 6.02. The molecular weight excluding hydrogens is 522 g/mol. The Bertz CT molecular complexity index is 1270. The Morgan fingerprint density at radius 3 is 2.38 bits per heavy atom. The standard InChI is InChI=1S/C29H33NO10/c1-27-11-9-17(31)13-16(27)3-4-18-19-10-12-29(38,28(19,2)14-20(32)26(18)27)21(33)15-39-24(36)7-8-25(37)40-30-22(34)5-6-23(30)35/h9,11,13,18-19,26,38H,3-8,10,12,14-15H2,1-2H3/t18-,19+,26-,27-,28-,29-/m0/s1. The van der Waals surface area contributed by atoms with Gasteiger partial charge in [-0.25, -0.2) is 4.79 Å². The molecule has 0 bridgehead atoms. The van der Waals surface area contributed by atoms with Crippen molar-refractivity contribution in [2.75, 3.05) is 6.61 Å². The van der Waals surface area contributed by atoms with Gasteiger partial charge in [-0.1, -0.05) is 25.5 Å². The maximum atomic E-state index is 13.7. The van der Waals surface area contributed by atoms with Gasteiger partial charge in [0.2, 0.25) is 5.78 Å². The molecule has 4 fully saturated rings. The number of esters is 1. The molecule has 0 aromatic rings. The summed E-state index contributed by atoms with van der Waals surface area (Å²) >= 11 is 0. The second kappa shape index (κ2) is 9.87. The van der Waals surface area contributed by atoms with Crippen molar-refractivity contribution < 1.29 is 48.2 Å². The molecule has 11 nitrogen and oxygen atoms in total. The molecule has 0 spiro atoms. The summed E-state index contributed by atoms with van der Waals surface area (Å²) in [6.45, 7) is 3.04. The number of ether oxygens (including phenoxy) is 1. The summed E-state index contributed by atoms with van der Waals surface area (Å²) in [5.74, 6) is -4.45. The molecule has 0 unspecified atom stereocenters. The molecule has 1 saturated heterocycles. The summed E-state index contributed by atoms with van der Waals surface area (Å²) in [7, 11) is 0. The number of hydrogen-bond donors (Lipinski definition) is 1. The lowest BCUT2D eigenvalue weighted by atomic mass is 9.46. The predicted octanol–water partition coefficient (Wildman–Crippen LogP) is 1.70. The third-order valence-corrected chi connectivity index (χ3v) is 9.97. The number of aliphatic hydroxyl groups is 1. The molecule has 0 aromatic carbocycles. The van der Waals surface area contributed by atoms with E-state index in [4.69, 9.17) is 9.57 Å². The highest BCUT2D eigenvalue weighted by atomic mass is 16.7. The molecule has 1 N–H and O–H groups in total. The molecule has 0 aromatic heterocycles. The third-order valence-electron chi connectivity index (χ3n) is 9.97. The average Bonchev–Trinajstić information content (AvgIpc) is 3.36. The first kappa shape index (κ1) is 28.1. The minimum Gasteiger partial charge on any atom is -0.458 e. The molecule has 5 rings (SSSR count). The first-order valence-corrected chi connectivity index (χ1v) is 13.7. The Morgan fingerprint density at radius 1 is 1.00 bits per heavy atom. The van der Waals surface area contributed by atoms with Crippen LogP contribution in [-0.2, 0) is 43.1 Å². The Balaban J connectivity index is 1.20. The Morgan fingerprint density at radius 2 is 1.68 bits per heavy atom. The Hall–Kier alpha value is -3.47. The van der Waals surface area contributed by atoms with Gasteiger partial charge in [0.25, 0.3) is 11.8 Å². The van der Waals surface area contributed by atoms with E-state index in [0.717, 1.165) is 5.57 Å². The molecule has 40 heavy (non-hydrogen) atoms. The van der Waals surface area contributed by atoms with Crippen LogP contribution < -0.4 is 0 Å². The summed E-state index contributed by atoms with van der Waals surface area (Å²) in [5, 5.41) is 12.1. The van der Waals surface area contributed by atoms with Gasteiger partial charge in [0, 0.05) is 36.0 Å². The number of carbonyl (C=O) groups is 7. The summed E-state index contributed by atoms with van der Waals surface area (Å²) in [5.41, 5.74) is -2.49. The molecule has 3 saturated carbocycles. The molecule has 2 amide bonds. The van der Waals surface area contributed by atoms with Gasteiger partial charge in [0.1, 0.15) is 11.4 Å². The number of amides is 2. The van der Waals surface area contributed by atoms with Gasteiger partial charge in [-0.15, -0.1) is 5.06 Å². The van der Waals surface area contributed by atoms with E-state index < -0.39 is 65.4 Å². The van der Waals surface area contributed by atoms with Crippen LogP contribution in [0, 0.1) is 28.6 Å². The number of hydroxylamine groups is 2. The zero-order chi connectivity index (χ0) is 29.0. The smallest absolute Gasteiger partial charge is 0.333 e. The minimum atomic E-state index is -1.86. The van der Waals surface area contributed by atoms with Crippen molar-refractivity contribution in [3.8, 4) is 0 Å².